The number of esters is 1. The summed E-state index contributed by atoms with van der Waals surface area (Å²) in [6.07, 6.45) is 0.573. The van der Waals surface area contributed by atoms with Gasteiger partial charge < -0.3 is 14.1 Å². The number of fused-ring (bicyclic) bond motifs is 1. The number of hydrogen-bond acceptors (Lipinski definition) is 3. The molecule has 1 unspecified atom stereocenters. The van der Waals surface area contributed by atoms with E-state index in [9.17, 15) is 13.6 Å². The van der Waals surface area contributed by atoms with Crippen molar-refractivity contribution >= 4 is 17.1 Å². The number of halogens is 2. The Morgan fingerprint density at radius 1 is 1.29 bits per heavy atom. The summed E-state index contributed by atoms with van der Waals surface area (Å²) in [7, 11) is 0. The van der Waals surface area contributed by atoms with Crippen molar-refractivity contribution in [3.8, 4) is 0 Å². The molecule has 0 bridgehead atoms. The summed E-state index contributed by atoms with van der Waals surface area (Å²) in [4.78, 5) is 14.8. The smallest absolute Gasteiger partial charge is 0.355 e. The van der Waals surface area contributed by atoms with Gasteiger partial charge in [-0.1, -0.05) is 0 Å². The van der Waals surface area contributed by atoms with Crippen molar-refractivity contribution in [3.63, 3.8) is 0 Å². The number of H-pyrrole nitrogens is 1. The zero-order valence-corrected chi connectivity index (χ0v) is 11.0. The molecule has 0 radical (unpaired) electrons. The highest BCUT2D eigenvalue weighted by Crippen LogP contribution is 2.23. The summed E-state index contributed by atoms with van der Waals surface area (Å²) in [5.74, 6) is -1.89. The number of aromatic nitrogens is 1. The number of aromatic amines is 1. The second kappa shape index (κ2) is 5.05. The van der Waals surface area contributed by atoms with Gasteiger partial charge in [0.25, 0.3) is 0 Å². The van der Waals surface area contributed by atoms with Crippen LogP contribution in [0.4, 0.5) is 8.78 Å². The zero-order valence-electron chi connectivity index (χ0n) is 11.0. The maximum absolute atomic E-state index is 13.6. The fourth-order valence-electron chi connectivity index (χ4n) is 2.07. The Kier molecular flexibility index (Phi) is 3.21. The fourth-order valence-corrected chi connectivity index (χ4v) is 2.07. The second-order valence-corrected chi connectivity index (χ2v) is 4.59. The molecule has 2 aromatic heterocycles. The van der Waals surface area contributed by atoms with Crippen LogP contribution in [0.15, 0.2) is 41.0 Å². The van der Waals surface area contributed by atoms with Crippen molar-refractivity contribution in [1.29, 1.82) is 0 Å². The maximum atomic E-state index is 13.6. The molecule has 4 nitrogen and oxygen atoms in total. The maximum Gasteiger partial charge on any atom is 0.355 e. The number of hydrogen-bond donors (Lipinski definition) is 1. The van der Waals surface area contributed by atoms with Gasteiger partial charge in [0.1, 0.15) is 23.4 Å². The molecular weight excluding hydrogens is 280 g/mol. The van der Waals surface area contributed by atoms with Crippen LogP contribution in [0.3, 0.4) is 0 Å². The van der Waals surface area contributed by atoms with Crippen LogP contribution in [-0.2, 0) is 4.74 Å². The van der Waals surface area contributed by atoms with Gasteiger partial charge in [-0.25, -0.2) is 13.6 Å². The van der Waals surface area contributed by atoms with Gasteiger partial charge in [0.05, 0.1) is 11.8 Å². The highest BCUT2D eigenvalue weighted by atomic mass is 19.1. The first kappa shape index (κ1) is 13.4. The number of furan rings is 1. The first-order valence-electron chi connectivity index (χ1n) is 6.27. The molecule has 21 heavy (non-hydrogen) atoms. The van der Waals surface area contributed by atoms with Crippen LogP contribution in [0, 0.1) is 11.6 Å². The highest BCUT2D eigenvalue weighted by Gasteiger charge is 2.19. The predicted octanol–water partition coefficient (Wildman–Crippen LogP) is 3.96. The molecule has 3 rings (SSSR count). The van der Waals surface area contributed by atoms with E-state index in [1.807, 2.05) is 0 Å². The molecule has 0 saturated carbocycles. The van der Waals surface area contributed by atoms with Gasteiger partial charge in [-0.05, 0) is 25.1 Å². The topological polar surface area (TPSA) is 55.2 Å². The van der Waals surface area contributed by atoms with E-state index >= 15 is 0 Å². The molecule has 0 fully saturated rings. The van der Waals surface area contributed by atoms with Crippen molar-refractivity contribution in [2.75, 3.05) is 0 Å². The second-order valence-electron chi connectivity index (χ2n) is 4.59. The molecule has 3 aromatic rings. The van der Waals surface area contributed by atoms with Gasteiger partial charge in [-0.15, -0.1) is 0 Å². The Hall–Kier alpha value is -2.63. The molecule has 0 aliphatic heterocycles. The Bertz CT molecular complexity index is 778. The van der Waals surface area contributed by atoms with E-state index in [4.69, 9.17) is 9.15 Å². The Morgan fingerprint density at radius 3 is 2.86 bits per heavy atom. The lowest BCUT2D eigenvalue weighted by Gasteiger charge is -2.13. The van der Waals surface area contributed by atoms with Crippen molar-refractivity contribution in [1.82, 2.24) is 4.98 Å². The first-order chi connectivity index (χ1) is 10.0. The molecule has 0 saturated heterocycles. The Labute approximate surface area is 118 Å². The first-order valence-corrected chi connectivity index (χ1v) is 6.27. The van der Waals surface area contributed by atoms with E-state index in [1.54, 1.807) is 6.07 Å². The molecule has 1 atom stereocenters. The van der Waals surface area contributed by atoms with Gasteiger partial charge in [-0.2, -0.15) is 0 Å². The largest absolute Gasteiger partial charge is 0.463 e. The third-order valence-corrected chi connectivity index (χ3v) is 3.14. The highest BCUT2D eigenvalue weighted by molar-refractivity contribution is 5.93. The molecule has 108 valence electrons. The summed E-state index contributed by atoms with van der Waals surface area (Å²) in [5.41, 5.74) is 1.35. The lowest BCUT2D eigenvalue weighted by molar-refractivity contribution is 0.0324. The molecule has 0 aliphatic carbocycles. The SMILES string of the molecule is CC(OC(=O)c1cc2occc2[nH]1)c1cc(F)ccc1F. The summed E-state index contributed by atoms with van der Waals surface area (Å²) < 4.78 is 37.0. The number of carbonyl (C=O) groups excluding carboxylic acids is 1. The van der Waals surface area contributed by atoms with Crippen LogP contribution in [0.5, 0.6) is 0 Å². The van der Waals surface area contributed by atoms with Crippen LogP contribution in [0.25, 0.3) is 11.1 Å². The monoisotopic (exact) mass is 291 g/mol. The van der Waals surface area contributed by atoms with Gasteiger partial charge in [-0.3, -0.25) is 0 Å². The summed E-state index contributed by atoms with van der Waals surface area (Å²) >= 11 is 0. The Balaban J connectivity index is 1.80. The van der Waals surface area contributed by atoms with Crippen molar-refractivity contribution in [2.45, 2.75) is 13.0 Å². The summed E-state index contributed by atoms with van der Waals surface area (Å²) in [6.45, 7) is 1.47. The minimum absolute atomic E-state index is 0.0152. The number of ether oxygens (including phenoxy) is 1. The summed E-state index contributed by atoms with van der Waals surface area (Å²) in [6, 6.07) is 6.17. The Morgan fingerprint density at radius 2 is 2.10 bits per heavy atom. The molecule has 2 heterocycles. The van der Waals surface area contributed by atoms with Crippen LogP contribution in [-0.4, -0.2) is 11.0 Å². The van der Waals surface area contributed by atoms with E-state index in [-0.39, 0.29) is 11.3 Å². The number of benzene rings is 1. The minimum Gasteiger partial charge on any atom is -0.463 e. The van der Waals surface area contributed by atoms with Crippen LogP contribution in [0.2, 0.25) is 0 Å². The third-order valence-electron chi connectivity index (χ3n) is 3.14. The van der Waals surface area contributed by atoms with Crippen LogP contribution < -0.4 is 0 Å². The number of rotatable bonds is 3. The van der Waals surface area contributed by atoms with E-state index in [1.165, 1.54) is 19.3 Å². The van der Waals surface area contributed by atoms with Crippen molar-refractivity contribution < 1.29 is 22.7 Å². The van der Waals surface area contributed by atoms with Crippen LogP contribution >= 0.6 is 0 Å². The lowest BCUT2D eigenvalue weighted by Crippen LogP contribution is -2.11. The normalized spacial score (nSPS) is 12.5. The average molecular weight is 291 g/mol. The van der Waals surface area contributed by atoms with Gasteiger partial charge in [0, 0.05) is 17.7 Å². The van der Waals surface area contributed by atoms with E-state index < -0.39 is 23.7 Å². The molecule has 1 N–H and O–H groups in total. The van der Waals surface area contributed by atoms with Crippen molar-refractivity contribution in [2.24, 2.45) is 0 Å². The number of carbonyl (C=O) groups is 1. The van der Waals surface area contributed by atoms with Crippen LogP contribution in [0.1, 0.15) is 29.1 Å². The standard InChI is InChI=1S/C15H11F2NO3/c1-8(10-6-9(16)2-3-11(10)17)21-15(19)13-7-14-12(18-13)4-5-20-14/h2-8,18H,1H3. The van der Waals surface area contributed by atoms with E-state index in [0.717, 1.165) is 18.2 Å². The zero-order chi connectivity index (χ0) is 15.0. The molecule has 6 heteroatoms. The molecule has 0 amide bonds. The van der Waals surface area contributed by atoms with E-state index in [2.05, 4.69) is 4.98 Å². The van der Waals surface area contributed by atoms with Crippen molar-refractivity contribution in [3.05, 3.63) is 59.5 Å². The number of nitrogens with one attached hydrogen (secondary N) is 1. The third kappa shape index (κ3) is 2.52. The summed E-state index contributed by atoms with van der Waals surface area (Å²) in [5, 5.41) is 0. The molecular formula is C15H11F2NO3. The quantitative estimate of drug-likeness (QED) is 0.743. The minimum atomic E-state index is -0.914. The molecule has 0 aliphatic rings. The van der Waals surface area contributed by atoms with Gasteiger partial charge in [0.2, 0.25) is 0 Å². The van der Waals surface area contributed by atoms with E-state index in [0.29, 0.717) is 11.1 Å². The fraction of sp³-hybridized carbons (Fsp3) is 0.133. The lowest BCUT2D eigenvalue weighted by atomic mass is 10.1. The van der Waals surface area contributed by atoms with Gasteiger partial charge >= 0.3 is 5.97 Å². The average Bonchev–Trinajstić information content (AvgIpc) is 3.02. The molecule has 0 spiro atoms. The predicted molar refractivity (Wildman–Crippen MR) is 70.8 cm³/mol. The molecule has 1 aromatic carbocycles. The van der Waals surface area contributed by atoms with Gasteiger partial charge in [0.15, 0.2) is 5.58 Å².